The van der Waals surface area contributed by atoms with Gasteiger partial charge in [0, 0.05) is 12.1 Å². The lowest BCUT2D eigenvalue weighted by Crippen LogP contribution is -2.21. The third kappa shape index (κ3) is 4.67. The van der Waals surface area contributed by atoms with E-state index in [1.165, 1.54) is 6.07 Å². The molecule has 2 aromatic rings. The van der Waals surface area contributed by atoms with Gasteiger partial charge in [-0.1, -0.05) is 23.3 Å². The molecule has 0 bridgehead atoms. The number of benzene rings is 2. The van der Waals surface area contributed by atoms with Gasteiger partial charge in [-0.25, -0.2) is 0 Å². The van der Waals surface area contributed by atoms with Crippen molar-refractivity contribution >= 4 is 5.78 Å². The second-order valence-corrected chi connectivity index (χ2v) is 8.23. The molecule has 3 rings (SSSR count). The Kier molecular flexibility index (Phi) is 6.20. The van der Waals surface area contributed by atoms with Gasteiger partial charge in [-0.05, 0) is 69.4 Å². The molecule has 1 atom stereocenters. The third-order valence-electron chi connectivity index (χ3n) is 5.11. The summed E-state index contributed by atoms with van der Waals surface area (Å²) in [6, 6.07) is 6.21. The summed E-state index contributed by atoms with van der Waals surface area (Å²) in [4.78, 5) is 12.7. The first-order chi connectivity index (χ1) is 14.2. The smallest absolute Gasteiger partial charge is 0.174 e. The van der Waals surface area contributed by atoms with E-state index < -0.39 is 6.10 Å². The predicted octanol–water partition coefficient (Wildman–Crippen LogP) is 5.53. The molecule has 0 spiro atoms. The van der Waals surface area contributed by atoms with Crippen molar-refractivity contribution in [1.82, 2.24) is 0 Å². The van der Waals surface area contributed by atoms with E-state index in [9.17, 15) is 20.1 Å². The molecular formula is C25H28O5. The molecule has 5 nitrogen and oxygen atoms in total. The quantitative estimate of drug-likeness (QED) is 0.567. The Labute approximate surface area is 177 Å². The minimum atomic E-state index is -0.567. The summed E-state index contributed by atoms with van der Waals surface area (Å²) >= 11 is 0. The van der Waals surface area contributed by atoms with Crippen LogP contribution in [0.15, 0.2) is 47.6 Å². The fourth-order valence-electron chi connectivity index (χ4n) is 3.52. The summed E-state index contributed by atoms with van der Waals surface area (Å²) < 4.78 is 6.00. The fraction of sp³-hybridized carbons (Fsp3) is 0.320. The predicted molar refractivity (Wildman–Crippen MR) is 116 cm³/mol. The Morgan fingerprint density at radius 3 is 2.07 bits per heavy atom. The van der Waals surface area contributed by atoms with E-state index in [4.69, 9.17) is 4.74 Å². The number of phenolic OH excluding ortho intramolecular Hbond substituents is 3. The number of phenols is 3. The minimum absolute atomic E-state index is 0.0697. The molecule has 1 aliphatic heterocycles. The molecular weight excluding hydrogens is 380 g/mol. The van der Waals surface area contributed by atoms with Gasteiger partial charge in [-0.3, -0.25) is 4.79 Å². The molecule has 0 radical (unpaired) electrons. The first-order valence-electron chi connectivity index (χ1n) is 10.0. The third-order valence-corrected chi connectivity index (χ3v) is 5.11. The molecule has 30 heavy (non-hydrogen) atoms. The van der Waals surface area contributed by atoms with Crippen LogP contribution in [0.5, 0.6) is 23.0 Å². The van der Waals surface area contributed by atoms with Gasteiger partial charge in [0.2, 0.25) is 0 Å². The normalized spacial score (nSPS) is 15.2. The first kappa shape index (κ1) is 21.5. The maximum Gasteiger partial charge on any atom is 0.174 e. The van der Waals surface area contributed by atoms with E-state index in [1.54, 1.807) is 0 Å². The van der Waals surface area contributed by atoms with Crippen molar-refractivity contribution in [3.05, 3.63) is 69.8 Å². The van der Waals surface area contributed by atoms with Crippen LogP contribution in [0, 0.1) is 0 Å². The number of hydrogen-bond donors (Lipinski definition) is 3. The Hall–Kier alpha value is -3.21. The highest BCUT2D eigenvalue weighted by molar-refractivity contribution is 6.02. The van der Waals surface area contributed by atoms with Gasteiger partial charge in [-0.2, -0.15) is 0 Å². The maximum atomic E-state index is 12.7. The van der Waals surface area contributed by atoms with Crippen molar-refractivity contribution in [3.63, 3.8) is 0 Å². The van der Waals surface area contributed by atoms with Crippen LogP contribution >= 0.6 is 0 Å². The molecule has 0 amide bonds. The number of ketones is 1. The number of allylic oxidation sites excluding steroid dienone is 4. The number of ether oxygens (including phenoxy) is 1. The average Bonchev–Trinajstić information content (AvgIpc) is 2.64. The molecule has 0 fully saturated rings. The molecule has 158 valence electrons. The van der Waals surface area contributed by atoms with Gasteiger partial charge < -0.3 is 20.1 Å². The monoisotopic (exact) mass is 408 g/mol. The minimum Gasteiger partial charge on any atom is -0.508 e. The van der Waals surface area contributed by atoms with Crippen LogP contribution in [0.25, 0.3) is 0 Å². The number of carbonyl (C=O) groups is 1. The standard InChI is InChI=1S/C25H28O5/c1-14(2)5-7-16-9-18(10-17(25(16)29)8-6-15(3)4)22-13-21(28)24-20(27)11-19(26)12-23(24)30-22/h5-6,9-12,22,26-27,29H,7-8,13H2,1-4H3/t22-/m1/s1. The fourth-order valence-corrected chi connectivity index (χ4v) is 3.52. The summed E-state index contributed by atoms with van der Waals surface area (Å²) in [6.07, 6.45) is 4.73. The molecule has 5 heteroatoms. The van der Waals surface area contributed by atoms with Gasteiger partial charge in [0.1, 0.15) is 34.7 Å². The second kappa shape index (κ2) is 8.66. The zero-order valence-corrected chi connectivity index (χ0v) is 17.8. The lowest BCUT2D eigenvalue weighted by molar-refractivity contribution is 0.0844. The molecule has 0 saturated carbocycles. The Morgan fingerprint density at radius 2 is 1.53 bits per heavy atom. The number of aromatic hydroxyl groups is 3. The summed E-state index contributed by atoms with van der Waals surface area (Å²) in [5.41, 5.74) is 4.71. The topological polar surface area (TPSA) is 87.0 Å². The van der Waals surface area contributed by atoms with E-state index >= 15 is 0 Å². The zero-order valence-electron chi connectivity index (χ0n) is 17.8. The first-order valence-corrected chi connectivity index (χ1v) is 10.0. The molecule has 0 saturated heterocycles. The summed E-state index contributed by atoms with van der Waals surface area (Å²) in [7, 11) is 0. The number of rotatable bonds is 5. The number of carbonyl (C=O) groups excluding carboxylic acids is 1. The zero-order chi connectivity index (χ0) is 22.0. The largest absolute Gasteiger partial charge is 0.508 e. The summed E-state index contributed by atoms with van der Waals surface area (Å²) in [5.74, 6) is -0.278. The molecule has 0 aliphatic carbocycles. The maximum absolute atomic E-state index is 12.7. The molecule has 2 aromatic carbocycles. The SMILES string of the molecule is CC(C)=CCc1cc([C@H]2CC(=O)c3c(O)cc(O)cc3O2)cc(CC=C(C)C)c1O. The van der Waals surface area contributed by atoms with Gasteiger partial charge in [-0.15, -0.1) is 0 Å². The van der Waals surface area contributed by atoms with Crippen molar-refractivity contribution in [3.8, 4) is 23.0 Å². The van der Waals surface area contributed by atoms with Crippen LogP contribution in [0.3, 0.4) is 0 Å². The number of Topliss-reactive ketones (excluding diaryl/α,β-unsaturated/α-hetero) is 1. The highest BCUT2D eigenvalue weighted by Crippen LogP contribution is 2.42. The van der Waals surface area contributed by atoms with E-state index in [0.717, 1.165) is 33.9 Å². The van der Waals surface area contributed by atoms with Crippen molar-refractivity contribution in [1.29, 1.82) is 0 Å². The van der Waals surface area contributed by atoms with Crippen LogP contribution in [0.1, 0.15) is 67.3 Å². The second-order valence-electron chi connectivity index (χ2n) is 8.23. The van der Waals surface area contributed by atoms with E-state index in [0.29, 0.717) is 12.8 Å². The van der Waals surface area contributed by atoms with Crippen molar-refractivity contribution < 1.29 is 24.9 Å². The summed E-state index contributed by atoms with van der Waals surface area (Å²) in [6.45, 7) is 8.02. The van der Waals surface area contributed by atoms with Crippen molar-refractivity contribution in [2.24, 2.45) is 0 Å². The van der Waals surface area contributed by atoms with Crippen LogP contribution in [0.4, 0.5) is 0 Å². The summed E-state index contributed by atoms with van der Waals surface area (Å²) in [5, 5.41) is 30.6. The Balaban J connectivity index is 2.04. The Morgan fingerprint density at radius 1 is 0.967 bits per heavy atom. The van der Waals surface area contributed by atoms with Crippen LogP contribution < -0.4 is 4.74 Å². The van der Waals surface area contributed by atoms with Crippen LogP contribution in [0.2, 0.25) is 0 Å². The van der Waals surface area contributed by atoms with E-state index in [1.807, 2.05) is 52.0 Å². The molecule has 0 aromatic heterocycles. The van der Waals surface area contributed by atoms with Gasteiger partial charge in [0.15, 0.2) is 5.78 Å². The number of fused-ring (bicyclic) bond motifs is 1. The van der Waals surface area contributed by atoms with E-state index in [2.05, 4.69) is 0 Å². The van der Waals surface area contributed by atoms with Gasteiger partial charge in [0.05, 0.1) is 6.42 Å². The lowest BCUT2D eigenvalue weighted by Gasteiger charge is -2.27. The molecule has 1 heterocycles. The molecule has 3 N–H and O–H groups in total. The Bertz CT molecular complexity index is 997. The lowest BCUT2D eigenvalue weighted by atomic mass is 9.91. The highest BCUT2D eigenvalue weighted by atomic mass is 16.5. The average molecular weight is 408 g/mol. The number of hydrogen-bond acceptors (Lipinski definition) is 5. The van der Waals surface area contributed by atoms with Gasteiger partial charge >= 0.3 is 0 Å². The van der Waals surface area contributed by atoms with Crippen molar-refractivity contribution in [2.75, 3.05) is 0 Å². The highest BCUT2D eigenvalue weighted by Gasteiger charge is 2.31. The van der Waals surface area contributed by atoms with Crippen LogP contribution in [-0.4, -0.2) is 21.1 Å². The van der Waals surface area contributed by atoms with E-state index in [-0.39, 0.29) is 40.8 Å². The van der Waals surface area contributed by atoms with Gasteiger partial charge in [0.25, 0.3) is 0 Å². The van der Waals surface area contributed by atoms with Crippen LogP contribution in [-0.2, 0) is 12.8 Å². The van der Waals surface area contributed by atoms with Crippen molar-refractivity contribution in [2.45, 2.75) is 53.1 Å². The molecule has 1 aliphatic rings. The molecule has 0 unspecified atom stereocenters.